The summed E-state index contributed by atoms with van der Waals surface area (Å²) >= 11 is 0. The lowest BCUT2D eigenvalue weighted by Gasteiger charge is -2.61. The molecule has 3 N–H and O–H groups in total. The first-order chi connectivity index (χ1) is 18.2. The van der Waals surface area contributed by atoms with E-state index in [-0.39, 0.29) is 6.04 Å². The molecule has 2 aliphatic carbocycles. The van der Waals surface area contributed by atoms with Crippen LogP contribution in [0.5, 0.6) is 11.5 Å². The molecule has 1 spiro atoms. The second-order valence-corrected chi connectivity index (χ2v) is 10.3. The Balaban J connectivity index is 0.000000531. The monoisotopic (exact) mass is 556 g/mol. The number of likely N-dealkylation sites (tertiary alicyclic amines) is 1. The van der Waals surface area contributed by atoms with Gasteiger partial charge in [-0.15, -0.1) is 0 Å². The Labute approximate surface area is 222 Å². The Hall–Kier alpha value is -3.16. The summed E-state index contributed by atoms with van der Waals surface area (Å²) in [5, 5.41) is 24.0. The summed E-state index contributed by atoms with van der Waals surface area (Å²) in [6.45, 7) is 3.59. The molecule has 214 valence electrons. The largest absolute Gasteiger partial charge is 0.493 e. The number of aliphatic hydroxyl groups is 2. The molecular formula is C26H31F3N2O8. The lowest BCUT2D eigenvalue weighted by atomic mass is 9.50. The van der Waals surface area contributed by atoms with Gasteiger partial charge in [0.1, 0.15) is 17.9 Å². The zero-order valence-corrected chi connectivity index (χ0v) is 21.9. The SMILES string of the molecule is COc1ccc2c3c1O[C@H]1C(OC(=O)[C@H](C)NC(=O)[C@H](C)O)=CC[C@@]4(O)[C@@H](C2)N(C)CC[C@]314.O=CC(F)(F)F. The number of halogens is 3. The quantitative estimate of drug-likeness (QED) is 0.361. The summed E-state index contributed by atoms with van der Waals surface area (Å²) in [4.78, 5) is 35.5. The zero-order chi connectivity index (χ0) is 28.9. The highest BCUT2D eigenvalue weighted by Crippen LogP contribution is 2.65. The molecule has 4 aliphatic rings. The predicted molar refractivity (Wildman–Crippen MR) is 129 cm³/mol. The number of esters is 1. The van der Waals surface area contributed by atoms with Gasteiger partial charge in [-0.05, 0) is 58.0 Å². The highest BCUT2D eigenvalue weighted by molar-refractivity contribution is 5.86. The van der Waals surface area contributed by atoms with Crippen molar-refractivity contribution in [2.24, 2.45) is 0 Å². The van der Waals surface area contributed by atoms with E-state index in [9.17, 15) is 33.0 Å². The minimum Gasteiger partial charge on any atom is -0.493 e. The summed E-state index contributed by atoms with van der Waals surface area (Å²) in [6, 6.07) is 2.86. The number of benzene rings is 1. The lowest BCUT2D eigenvalue weighted by molar-refractivity contribution is -0.170. The van der Waals surface area contributed by atoms with Crippen LogP contribution >= 0.6 is 0 Å². The smallest absolute Gasteiger partial charge is 0.446 e. The molecule has 1 saturated heterocycles. The van der Waals surface area contributed by atoms with Crippen LogP contribution in [0.2, 0.25) is 0 Å². The van der Waals surface area contributed by atoms with Crippen LogP contribution in [-0.4, -0.2) is 90.0 Å². The Bertz CT molecular complexity index is 1200. The van der Waals surface area contributed by atoms with Gasteiger partial charge >= 0.3 is 12.1 Å². The van der Waals surface area contributed by atoms with E-state index in [4.69, 9.17) is 19.0 Å². The lowest BCUT2D eigenvalue weighted by Crippen LogP contribution is -2.74. The van der Waals surface area contributed by atoms with Crippen LogP contribution in [0.3, 0.4) is 0 Å². The molecule has 2 heterocycles. The van der Waals surface area contributed by atoms with Crippen LogP contribution in [0.4, 0.5) is 13.2 Å². The standard InChI is InChI=1S/C24H30N2O7.C2HF3O/c1-12(25-21(28)13(2)27)22(29)32-16-7-8-24(30)17-11-14-5-6-15(31-4)19-18(14)23(24,20(16)33-19)9-10-26(17)3;3-2(4,5)1-6/h5-7,12-13,17,20,27,30H,8-11H2,1-4H3,(H,25,28);1H/t12-,13-,17+,20-,23-,24+;/m0./s1. The number of aldehydes is 1. The Morgan fingerprint density at radius 1 is 1.31 bits per heavy atom. The molecule has 0 aromatic heterocycles. The van der Waals surface area contributed by atoms with Gasteiger partial charge in [0.25, 0.3) is 0 Å². The zero-order valence-electron chi connectivity index (χ0n) is 21.9. The fourth-order valence-corrected chi connectivity index (χ4v) is 6.19. The van der Waals surface area contributed by atoms with E-state index in [0.29, 0.717) is 36.5 Å². The van der Waals surface area contributed by atoms with Gasteiger partial charge < -0.3 is 34.6 Å². The number of nitrogens with one attached hydrogen (secondary N) is 1. The van der Waals surface area contributed by atoms with Gasteiger partial charge in [0.05, 0.1) is 18.1 Å². The molecule has 13 heteroatoms. The third-order valence-corrected chi connectivity index (χ3v) is 8.00. The molecule has 10 nitrogen and oxygen atoms in total. The van der Waals surface area contributed by atoms with Crippen molar-refractivity contribution < 1.29 is 52.0 Å². The van der Waals surface area contributed by atoms with Gasteiger partial charge in [-0.1, -0.05) is 6.07 Å². The molecule has 2 bridgehead atoms. The van der Waals surface area contributed by atoms with Crippen molar-refractivity contribution in [1.82, 2.24) is 10.2 Å². The van der Waals surface area contributed by atoms with Gasteiger partial charge in [-0.3, -0.25) is 9.59 Å². The second kappa shape index (κ2) is 10.1. The molecular weight excluding hydrogens is 525 g/mol. The topological polar surface area (TPSA) is 135 Å². The second-order valence-electron chi connectivity index (χ2n) is 10.3. The number of aliphatic hydroxyl groups excluding tert-OH is 1. The number of carbonyl (C=O) groups excluding carboxylic acids is 3. The summed E-state index contributed by atoms with van der Waals surface area (Å²) in [6.07, 6.45) is -4.25. The van der Waals surface area contributed by atoms with Crippen LogP contribution in [0, 0.1) is 0 Å². The first kappa shape index (κ1) is 28.8. The van der Waals surface area contributed by atoms with Crippen molar-refractivity contribution in [2.45, 2.75) is 74.6 Å². The third-order valence-electron chi connectivity index (χ3n) is 8.00. The molecule has 1 aromatic carbocycles. The number of likely N-dealkylation sites (N-methyl/N-ethyl adjacent to an activating group) is 1. The van der Waals surface area contributed by atoms with Crippen molar-refractivity contribution in [3.63, 3.8) is 0 Å². The van der Waals surface area contributed by atoms with Crippen LogP contribution in [-0.2, 0) is 31.0 Å². The summed E-state index contributed by atoms with van der Waals surface area (Å²) < 4.78 is 49.0. The van der Waals surface area contributed by atoms with Crippen molar-refractivity contribution in [3.05, 3.63) is 35.1 Å². The average molecular weight is 557 g/mol. The molecule has 0 saturated carbocycles. The minimum absolute atomic E-state index is 0.0954. The molecule has 0 unspecified atom stereocenters. The average Bonchev–Trinajstić information content (AvgIpc) is 3.23. The summed E-state index contributed by atoms with van der Waals surface area (Å²) in [5.41, 5.74) is 0.214. The molecule has 1 fully saturated rings. The van der Waals surface area contributed by atoms with E-state index in [1.165, 1.54) is 13.8 Å². The van der Waals surface area contributed by atoms with Gasteiger partial charge in [0, 0.05) is 18.0 Å². The number of nitrogens with zero attached hydrogens (tertiary/aromatic N) is 1. The van der Waals surface area contributed by atoms with Crippen molar-refractivity contribution >= 4 is 18.2 Å². The maximum Gasteiger partial charge on any atom is 0.446 e. The third kappa shape index (κ3) is 4.66. The van der Waals surface area contributed by atoms with Crippen LogP contribution in [0.25, 0.3) is 0 Å². The normalized spacial score (nSPS) is 29.8. The number of hydrogen-bond donors (Lipinski definition) is 3. The van der Waals surface area contributed by atoms with E-state index in [0.717, 1.165) is 17.7 Å². The van der Waals surface area contributed by atoms with Crippen molar-refractivity contribution in [1.29, 1.82) is 0 Å². The van der Waals surface area contributed by atoms with Gasteiger partial charge in [0.15, 0.2) is 17.6 Å². The number of amides is 1. The van der Waals surface area contributed by atoms with E-state index in [1.54, 1.807) is 13.2 Å². The maximum atomic E-state index is 12.8. The van der Waals surface area contributed by atoms with Crippen LogP contribution in [0.15, 0.2) is 24.0 Å². The summed E-state index contributed by atoms with van der Waals surface area (Å²) in [7, 11) is 3.61. The Morgan fingerprint density at radius 3 is 2.56 bits per heavy atom. The van der Waals surface area contributed by atoms with Crippen molar-refractivity contribution in [3.8, 4) is 11.5 Å². The van der Waals surface area contributed by atoms with Crippen LogP contribution < -0.4 is 14.8 Å². The minimum atomic E-state index is -4.64. The number of alkyl halides is 3. The number of piperidine rings is 1. The highest BCUT2D eigenvalue weighted by Gasteiger charge is 2.72. The molecule has 2 aliphatic heterocycles. The van der Waals surface area contributed by atoms with E-state index in [2.05, 4.69) is 10.2 Å². The number of rotatable bonds is 5. The molecule has 5 rings (SSSR count). The van der Waals surface area contributed by atoms with Gasteiger partial charge in [-0.2, -0.15) is 13.2 Å². The van der Waals surface area contributed by atoms with Crippen LogP contribution in [0.1, 0.15) is 37.8 Å². The molecule has 0 radical (unpaired) electrons. The molecule has 1 amide bonds. The van der Waals surface area contributed by atoms with E-state index >= 15 is 0 Å². The van der Waals surface area contributed by atoms with Gasteiger partial charge in [0.2, 0.25) is 12.2 Å². The van der Waals surface area contributed by atoms with Gasteiger partial charge in [-0.25, -0.2) is 4.79 Å². The number of hydrogen-bond acceptors (Lipinski definition) is 9. The fourth-order valence-electron chi connectivity index (χ4n) is 6.19. The summed E-state index contributed by atoms with van der Waals surface area (Å²) in [5.74, 6) is 0.192. The number of methoxy groups -OCH3 is 1. The van der Waals surface area contributed by atoms with E-state index < -0.39 is 53.6 Å². The van der Waals surface area contributed by atoms with E-state index in [1.807, 2.05) is 19.2 Å². The maximum absolute atomic E-state index is 12.8. The Kier molecular flexibility index (Phi) is 7.47. The number of carbonyl (C=O) groups is 3. The first-order valence-electron chi connectivity index (χ1n) is 12.4. The molecule has 6 atom stereocenters. The number of ether oxygens (including phenoxy) is 3. The predicted octanol–water partition coefficient (Wildman–Crippen LogP) is 1.15. The van der Waals surface area contributed by atoms with Crippen molar-refractivity contribution in [2.75, 3.05) is 20.7 Å². The fraction of sp³-hybridized carbons (Fsp3) is 0.577. The highest BCUT2D eigenvalue weighted by atomic mass is 19.4. The first-order valence-corrected chi connectivity index (χ1v) is 12.4. The Morgan fingerprint density at radius 2 is 1.97 bits per heavy atom. The molecule has 39 heavy (non-hydrogen) atoms. The molecule has 1 aromatic rings.